The third kappa shape index (κ3) is 4.28. The van der Waals surface area contributed by atoms with Crippen LogP contribution in [0.25, 0.3) is 0 Å². The lowest BCUT2D eigenvalue weighted by Gasteiger charge is -2.47. The zero-order valence-electron chi connectivity index (χ0n) is 21.4. The van der Waals surface area contributed by atoms with Gasteiger partial charge in [-0.3, -0.25) is 9.59 Å². The lowest BCUT2D eigenvalue weighted by atomic mass is 9.60. The Morgan fingerprint density at radius 2 is 1.66 bits per heavy atom. The lowest BCUT2D eigenvalue weighted by molar-refractivity contribution is -0.348. The van der Waals surface area contributed by atoms with Gasteiger partial charge >= 0.3 is 24.0 Å². The third-order valence-corrected chi connectivity index (χ3v) is 9.36. The first kappa shape index (κ1) is 28.7. The van der Waals surface area contributed by atoms with Crippen molar-refractivity contribution in [3.8, 4) is 0 Å². The van der Waals surface area contributed by atoms with E-state index in [-0.39, 0.29) is 41.7 Å². The van der Waals surface area contributed by atoms with Gasteiger partial charge in [0.15, 0.2) is 0 Å². The van der Waals surface area contributed by atoms with Crippen molar-refractivity contribution >= 4 is 11.9 Å². The van der Waals surface area contributed by atoms with Gasteiger partial charge in [0, 0.05) is 24.1 Å². The van der Waals surface area contributed by atoms with Crippen molar-refractivity contribution < 1.29 is 45.4 Å². The molecule has 1 aliphatic heterocycles. The first-order valence-electron chi connectivity index (χ1n) is 12.9. The van der Waals surface area contributed by atoms with E-state index < -0.39 is 40.9 Å². The minimum absolute atomic E-state index is 0.0490. The smallest absolute Gasteiger partial charge is 0.435 e. The van der Waals surface area contributed by atoms with Gasteiger partial charge in [0.2, 0.25) is 5.91 Å². The molecule has 0 radical (unpaired) electrons. The number of alkyl halides is 7. The van der Waals surface area contributed by atoms with E-state index >= 15 is 0 Å². The van der Waals surface area contributed by atoms with Crippen LogP contribution >= 0.6 is 0 Å². The molecule has 0 aromatic heterocycles. The van der Waals surface area contributed by atoms with Gasteiger partial charge in [0.05, 0.1) is 11.3 Å². The van der Waals surface area contributed by atoms with E-state index in [0.717, 1.165) is 6.07 Å². The Balaban J connectivity index is 1.62. The Bertz CT molecular complexity index is 1090. The standard InChI is InChI=1S/C27H32F7NO3/c1-14(2)24(10-8-18(22(36)37)15(3)13-24)23(38)35-11-9-20-19-6-5-17(12-16(19)4-7-21(20)35)25(28,26(29,30)31)27(32,33)34/h5-6,12,14-15,18,20-21H,4,7-11,13H2,1-3H3,(H,36,37)/t15-,18-,20+,21-,24?/m1/s1. The molecule has 2 fully saturated rings. The Kier molecular flexibility index (Phi) is 7.09. The molecular weight excluding hydrogens is 519 g/mol. The van der Waals surface area contributed by atoms with E-state index in [4.69, 9.17) is 0 Å². The second-order valence-corrected chi connectivity index (χ2v) is 11.5. The fourth-order valence-electron chi connectivity index (χ4n) is 7.15. The molecule has 2 aliphatic carbocycles. The predicted molar refractivity (Wildman–Crippen MR) is 124 cm³/mol. The number of carboxylic acid groups (broad SMARTS) is 1. The number of fused-ring (bicyclic) bond motifs is 3. The Labute approximate surface area is 216 Å². The van der Waals surface area contributed by atoms with Crippen molar-refractivity contribution in [2.75, 3.05) is 6.54 Å². The first-order chi connectivity index (χ1) is 17.5. The van der Waals surface area contributed by atoms with Crippen LogP contribution in [0.5, 0.6) is 0 Å². The van der Waals surface area contributed by atoms with Crippen LogP contribution in [0.15, 0.2) is 18.2 Å². The Morgan fingerprint density at radius 1 is 1.03 bits per heavy atom. The molecule has 212 valence electrons. The number of hydrogen-bond acceptors (Lipinski definition) is 2. The molecule has 1 aromatic carbocycles. The van der Waals surface area contributed by atoms with Gasteiger partial charge in [-0.05, 0) is 61.5 Å². The minimum atomic E-state index is -6.17. The second-order valence-electron chi connectivity index (χ2n) is 11.5. The van der Waals surface area contributed by atoms with Crippen molar-refractivity contribution in [1.82, 2.24) is 4.90 Å². The Hall–Kier alpha value is -2.33. The largest absolute Gasteiger partial charge is 0.481 e. The molecule has 5 atom stereocenters. The van der Waals surface area contributed by atoms with Gasteiger partial charge in [-0.25, -0.2) is 4.39 Å². The number of amides is 1. The Morgan fingerprint density at radius 3 is 2.18 bits per heavy atom. The van der Waals surface area contributed by atoms with Crippen molar-refractivity contribution in [3.05, 3.63) is 34.9 Å². The summed E-state index contributed by atoms with van der Waals surface area (Å²) in [6.45, 7) is 6.12. The molecule has 1 N–H and O–H groups in total. The fourth-order valence-corrected chi connectivity index (χ4v) is 7.15. The molecule has 1 saturated carbocycles. The number of rotatable bonds is 4. The number of nitrogens with zero attached hydrogens (tertiary/aromatic N) is 1. The van der Waals surface area contributed by atoms with E-state index in [1.54, 1.807) is 4.90 Å². The molecule has 3 aliphatic rings. The van der Waals surface area contributed by atoms with Gasteiger partial charge in [0.1, 0.15) is 0 Å². The molecule has 1 unspecified atom stereocenters. The summed E-state index contributed by atoms with van der Waals surface area (Å²) >= 11 is 0. The van der Waals surface area contributed by atoms with Crippen molar-refractivity contribution in [1.29, 1.82) is 0 Å². The zero-order chi connectivity index (χ0) is 28.4. The third-order valence-electron chi connectivity index (χ3n) is 9.36. The molecule has 1 heterocycles. The summed E-state index contributed by atoms with van der Waals surface area (Å²) < 4.78 is 94.3. The van der Waals surface area contributed by atoms with Crippen LogP contribution in [-0.4, -0.2) is 46.8 Å². The number of halogens is 7. The van der Waals surface area contributed by atoms with Crippen LogP contribution < -0.4 is 0 Å². The van der Waals surface area contributed by atoms with Crippen LogP contribution in [0, 0.1) is 23.2 Å². The van der Waals surface area contributed by atoms with Crippen LogP contribution in [-0.2, 0) is 21.7 Å². The predicted octanol–water partition coefficient (Wildman–Crippen LogP) is 6.77. The highest BCUT2D eigenvalue weighted by Gasteiger charge is 2.73. The van der Waals surface area contributed by atoms with E-state index in [9.17, 15) is 45.4 Å². The average Bonchev–Trinajstić information content (AvgIpc) is 3.25. The monoisotopic (exact) mass is 551 g/mol. The summed E-state index contributed by atoms with van der Waals surface area (Å²) in [5.41, 5.74) is -6.91. The summed E-state index contributed by atoms with van der Waals surface area (Å²) in [5.74, 6) is -1.98. The van der Waals surface area contributed by atoms with Crippen molar-refractivity contribution in [3.63, 3.8) is 0 Å². The van der Waals surface area contributed by atoms with Crippen molar-refractivity contribution in [2.45, 2.75) is 89.3 Å². The van der Waals surface area contributed by atoms with Crippen LogP contribution in [0.3, 0.4) is 0 Å². The van der Waals surface area contributed by atoms with Crippen LogP contribution in [0.4, 0.5) is 30.7 Å². The number of likely N-dealkylation sites (tertiary alicyclic amines) is 1. The number of carboxylic acids is 1. The van der Waals surface area contributed by atoms with E-state index in [2.05, 4.69) is 0 Å². The normalized spacial score (nSPS) is 30.2. The molecule has 11 heteroatoms. The molecular formula is C27H32F7NO3. The molecule has 0 bridgehead atoms. The van der Waals surface area contributed by atoms with Crippen LogP contribution in [0.1, 0.15) is 75.5 Å². The highest BCUT2D eigenvalue weighted by molar-refractivity contribution is 5.84. The summed E-state index contributed by atoms with van der Waals surface area (Å²) in [6, 6.07) is 2.13. The summed E-state index contributed by atoms with van der Waals surface area (Å²) in [6.07, 6.45) is -10.1. The molecule has 1 aromatic rings. The molecule has 1 amide bonds. The maximum absolute atomic E-state index is 14.6. The minimum Gasteiger partial charge on any atom is -0.481 e. The lowest BCUT2D eigenvalue weighted by Crippen LogP contribution is -2.53. The number of aryl methyl sites for hydroxylation is 1. The topological polar surface area (TPSA) is 57.6 Å². The molecule has 4 rings (SSSR count). The summed E-state index contributed by atoms with van der Waals surface area (Å²) in [7, 11) is 0. The number of hydrogen-bond donors (Lipinski definition) is 1. The summed E-state index contributed by atoms with van der Waals surface area (Å²) in [5, 5.41) is 9.53. The number of benzene rings is 1. The zero-order valence-corrected chi connectivity index (χ0v) is 21.4. The molecule has 0 spiro atoms. The SMILES string of the molecule is CC(C)C1(C(=O)N2CC[C@H]3c4ccc(C(F)(C(F)(F)F)C(F)(F)F)cc4CC[C@H]32)CC[C@@H](C(=O)O)[C@H](C)C1. The molecule has 38 heavy (non-hydrogen) atoms. The number of aliphatic carboxylic acids is 1. The molecule has 1 saturated heterocycles. The summed E-state index contributed by atoms with van der Waals surface area (Å²) in [4.78, 5) is 27.5. The maximum Gasteiger partial charge on any atom is 0.435 e. The highest BCUT2D eigenvalue weighted by Crippen LogP contribution is 2.55. The number of carbonyl (C=O) groups excluding carboxylic acids is 1. The maximum atomic E-state index is 14.6. The molecule has 4 nitrogen and oxygen atoms in total. The average molecular weight is 552 g/mol. The van der Waals surface area contributed by atoms with E-state index in [1.165, 1.54) is 0 Å². The number of carbonyl (C=O) groups is 2. The van der Waals surface area contributed by atoms with Gasteiger partial charge in [-0.15, -0.1) is 0 Å². The second kappa shape index (κ2) is 9.40. The van der Waals surface area contributed by atoms with E-state index in [0.29, 0.717) is 56.3 Å². The quantitative estimate of drug-likeness (QED) is 0.421. The first-order valence-corrected chi connectivity index (χ1v) is 12.9. The van der Waals surface area contributed by atoms with Gasteiger partial charge < -0.3 is 10.0 Å². The van der Waals surface area contributed by atoms with Crippen LogP contribution in [0.2, 0.25) is 0 Å². The van der Waals surface area contributed by atoms with Gasteiger partial charge in [-0.2, -0.15) is 26.3 Å². The highest BCUT2D eigenvalue weighted by atomic mass is 19.4. The fraction of sp³-hybridized carbons (Fsp3) is 0.704. The van der Waals surface area contributed by atoms with Gasteiger partial charge in [0.25, 0.3) is 0 Å². The van der Waals surface area contributed by atoms with E-state index in [1.807, 2.05) is 20.8 Å². The van der Waals surface area contributed by atoms with Crippen molar-refractivity contribution in [2.24, 2.45) is 23.2 Å². The van der Waals surface area contributed by atoms with Gasteiger partial charge in [-0.1, -0.05) is 39.0 Å².